The zero-order valence-electron chi connectivity index (χ0n) is 10.7. The summed E-state index contributed by atoms with van der Waals surface area (Å²) in [6.45, 7) is 1.02. The molecule has 0 aliphatic rings. The van der Waals surface area contributed by atoms with Crippen LogP contribution in [0.4, 0.5) is 22.0 Å². The van der Waals surface area contributed by atoms with Gasteiger partial charge in [0.1, 0.15) is 5.57 Å². The molecule has 0 aromatic carbocycles. The number of rotatable bonds is 8. The second-order valence-corrected chi connectivity index (χ2v) is 4.55. The molecular weight excluding hydrogens is 323 g/mol. The molecule has 0 radical (unpaired) electrons. The molecule has 0 aromatic rings. The first-order chi connectivity index (χ1) is 9.43. The van der Waals surface area contributed by atoms with Crippen LogP contribution < -0.4 is 0 Å². The number of carbonyl (C=O) groups excluding carboxylic acids is 2. The van der Waals surface area contributed by atoms with Crippen LogP contribution in [0.15, 0.2) is 12.2 Å². The first kappa shape index (κ1) is 19.7. The minimum Gasteiger partial charge on any atom is -0.462 e. The maximum absolute atomic E-state index is 12.2. The number of halogens is 5. The number of alkyl halides is 5. The first-order valence-corrected chi connectivity index (χ1v) is 6.07. The number of thiol groups is 1. The lowest BCUT2D eigenvalue weighted by molar-refractivity contribution is -0.150. The molecule has 0 aliphatic carbocycles. The number of unbranched alkanes of at least 4 members (excludes halogenated alkanes) is 1. The van der Waals surface area contributed by atoms with Gasteiger partial charge in [0, 0.05) is 6.42 Å². The fraction of sp³-hybridized carbons (Fsp3) is 0.636. The molecule has 4 nitrogen and oxygen atoms in total. The SMILES string of the molecule is C=C(C(=O)OCCCCC(=O)OCC(F)(F)S)C(F)(F)F. The second kappa shape index (κ2) is 8.20. The van der Waals surface area contributed by atoms with Crippen molar-refractivity contribution in [2.75, 3.05) is 13.2 Å². The molecule has 0 aliphatic heterocycles. The zero-order chi connectivity index (χ0) is 16.7. The van der Waals surface area contributed by atoms with E-state index in [0.29, 0.717) is 0 Å². The van der Waals surface area contributed by atoms with Gasteiger partial charge in [-0.05, 0) is 12.8 Å². The Balaban J connectivity index is 3.76. The summed E-state index contributed by atoms with van der Waals surface area (Å²) in [5.74, 6) is -2.51. The van der Waals surface area contributed by atoms with Gasteiger partial charge in [-0.1, -0.05) is 6.58 Å². The van der Waals surface area contributed by atoms with E-state index in [1.807, 2.05) is 0 Å². The monoisotopic (exact) mass is 336 g/mol. The molecule has 0 saturated carbocycles. The van der Waals surface area contributed by atoms with Crippen molar-refractivity contribution < 1.29 is 41.0 Å². The fourth-order valence-corrected chi connectivity index (χ4v) is 1.04. The van der Waals surface area contributed by atoms with Crippen LogP contribution in [0, 0.1) is 0 Å². The van der Waals surface area contributed by atoms with E-state index in [4.69, 9.17) is 0 Å². The van der Waals surface area contributed by atoms with Gasteiger partial charge >= 0.3 is 23.4 Å². The molecular formula is C11H13F5O4S. The Morgan fingerprint density at radius 2 is 1.62 bits per heavy atom. The van der Waals surface area contributed by atoms with Gasteiger partial charge in [0.25, 0.3) is 0 Å². The van der Waals surface area contributed by atoms with Gasteiger partial charge in [-0.25, -0.2) is 4.79 Å². The third-order valence-electron chi connectivity index (χ3n) is 2.00. The van der Waals surface area contributed by atoms with Crippen LogP contribution in [-0.4, -0.2) is 36.6 Å². The number of hydrogen-bond acceptors (Lipinski definition) is 5. The molecule has 0 rings (SSSR count). The summed E-state index contributed by atoms with van der Waals surface area (Å²) in [5, 5.41) is -3.43. The van der Waals surface area contributed by atoms with Crippen LogP contribution in [0.3, 0.4) is 0 Å². The van der Waals surface area contributed by atoms with Gasteiger partial charge in [0.2, 0.25) is 0 Å². The van der Waals surface area contributed by atoms with Crippen LogP contribution in [0.2, 0.25) is 0 Å². The van der Waals surface area contributed by atoms with E-state index < -0.39 is 35.5 Å². The minimum atomic E-state index is -4.86. The molecule has 0 atom stereocenters. The summed E-state index contributed by atoms with van der Waals surface area (Å²) < 4.78 is 69.0. The van der Waals surface area contributed by atoms with Crippen LogP contribution >= 0.6 is 12.6 Å². The van der Waals surface area contributed by atoms with Gasteiger partial charge in [0.05, 0.1) is 6.61 Å². The van der Waals surface area contributed by atoms with E-state index >= 15 is 0 Å². The Kier molecular flexibility index (Phi) is 7.69. The van der Waals surface area contributed by atoms with Crippen molar-refractivity contribution in [3.05, 3.63) is 12.2 Å². The average Bonchev–Trinajstić information content (AvgIpc) is 2.32. The molecule has 0 fully saturated rings. The van der Waals surface area contributed by atoms with Crippen LogP contribution in [0.25, 0.3) is 0 Å². The largest absolute Gasteiger partial charge is 0.462 e. The maximum Gasteiger partial charge on any atom is 0.422 e. The predicted molar refractivity (Wildman–Crippen MR) is 64.9 cm³/mol. The molecule has 122 valence electrons. The zero-order valence-corrected chi connectivity index (χ0v) is 11.6. The highest BCUT2D eigenvalue weighted by Gasteiger charge is 2.37. The minimum absolute atomic E-state index is 0.0727. The van der Waals surface area contributed by atoms with Gasteiger partial charge in [-0.2, -0.15) is 22.0 Å². The normalized spacial score (nSPS) is 11.9. The summed E-state index contributed by atoms with van der Waals surface area (Å²) in [6.07, 6.45) is -4.92. The topological polar surface area (TPSA) is 52.6 Å². The first-order valence-electron chi connectivity index (χ1n) is 5.62. The van der Waals surface area contributed by atoms with Gasteiger partial charge in [-0.3, -0.25) is 4.79 Å². The molecule has 0 amide bonds. The summed E-state index contributed by atoms with van der Waals surface area (Å²) in [7, 11) is 0. The lowest BCUT2D eigenvalue weighted by Gasteiger charge is -2.10. The van der Waals surface area contributed by atoms with Crippen molar-refractivity contribution in [2.45, 2.75) is 30.7 Å². The fourth-order valence-electron chi connectivity index (χ4n) is 0.979. The van der Waals surface area contributed by atoms with Gasteiger partial charge < -0.3 is 9.47 Å². The number of carbonyl (C=O) groups is 2. The van der Waals surface area contributed by atoms with Crippen LogP contribution in [0.1, 0.15) is 19.3 Å². The highest BCUT2D eigenvalue weighted by atomic mass is 32.1. The van der Waals surface area contributed by atoms with Crippen molar-refractivity contribution in [1.29, 1.82) is 0 Å². The van der Waals surface area contributed by atoms with E-state index in [2.05, 4.69) is 28.7 Å². The van der Waals surface area contributed by atoms with E-state index in [-0.39, 0.29) is 25.9 Å². The Morgan fingerprint density at radius 3 is 2.10 bits per heavy atom. The highest BCUT2D eigenvalue weighted by Crippen LogP contribution is 2.24. The summed E-state index contributed by atoms with van der Waals surface area (Å²) >= 11 is 2.85. The molecule has 0 unspecified atom stereocenters. The van der Waals surface area contributed by atoms with E-state index in [0.717, 1.165) is 0 Å². The van der Waals surface area contributed by atoms with Crippen LogP contribution in [-0.2, 0) is 19.1 Å². The van der Waals surface area contributed by atoms with Crippen LogP contribution in [0.5, 0.6) is 0 Å². The molecule has 10 heteroatoms. The van der Waals surface area contributed by atoms with Crippen molar-refractivity contribution in [2.24, 2.45) is 0 Å². The third kappa shape index (κ3) is 10.1. The molecule has 0 saturated heterocycles. The Hall–Kier alpha value is -1.32. The van der Waals surface area contributed by atoms with E-state index in [1.54, 1.807) is 0 Å². The molecule has 0 heterocycles. The molecule has 0 aromatic heterocycles. The predicted octanol–water partition coefficient (Wildman–Crippen LogP) is 2.88. The molecule has 0 bridgehead atoms. The second-order valence-electron chi connectivity index (χ2n) is 3.90. The summed E-state index contributed by atoms with van der Waals surface area (Å²) in [6, 6.07) is 0. The van der Waals surface area contributed by atoms with Gasteiger partial charge in [-0.15, -0.1) is 12.6 Å². The number of ether oxygens (including phenoxy) is 2. The Bertz CT molecular complexity index is 389. The quantitative estimate of drug-likeness (QED) is 0.243. The third-order valence-corrected chi connectivity index (χ3v) is 2.13. The number of hydrogen-bond donors (Lipinski definition) is 1. The lowest BCUT2D eigenvalue weighted by Crippen LogP contribution is -2.21. The van der Waals surface area contributed by atoms with E-state index in [1.165, 1.54) is 0 Å². The average molecular weight is 336 g/mol. The Morgan fingerprint density at radius 1 is 1.05 bits per heavy atom. The summed E-state index contributed by atoms with van der Waals surface area (Å²) in [4.78, 5) is 21.8. The van der Waals surface area contributed by atoms with E-state index in [9.17, 15) is 31.5 Å². The van der Waals surface area contributed by atoms with Crippen molar-refractivity contribution >= 4 is 24.6 Å². The van der Waals surface area contributed by atoms with Crippen molar-refractivity contribution in [1.82, 2.24) is 0 Å². The van der Waals surface area contributed by atoms with Gasteiger partial charge in [0.15, 0.2) is 6.61 Å². The Labute approximate surface area is 122 Å². The molecule has 0 N–H and O–H groups in total. The maximum atomic E-state index is 12.2. The standard InChI is InChI=1S/C11H13F5O4S/c1-7(11(14,15)16)9(18)19-5-3-2-4-8(17)20-6-10(12,13)21/h21H,1-6H2. The van der Waals surface area contributed by atoms with Crippen molar-refractivity contribution in [3.8, 4) is 0 Å². The highest BCUT2D eigenvalue weighted by molar-refractivity contribution is 7.81. The lowest BCUT2D eigenvalue weighted by atomic mass is 10.2. The summed E-state index contributed by atoms with van der Waals surface area (Å²) in [5.41, 5.74) is -1.63. The van der Waals surface area contributed by atoms with Crippen molar-refractivity contribution in [3.63, 3.8) is 0 Å². The molecule has 21 heavy (non-hydrogen) atoms. The molecule has 0 spiro atoms. The number of esters is 2. The smallest absolute Gasteiger partial charge is 0.422 e.